The number of rotatable bonds is 6. The maximum Gasteiger partial charge on any atom is 0.253 e. The second-order valence-corrected chi connectivity index (χ2v) is 9.01. The van der Waals surface area contributed by atoms with Crippen molar-refractivity contribution in [3.8, 4) is 0 Å². The largest absolute Gasteiger partial charge is 0.337 e. The normalized spacial score (nSPS) is 15.9. The van der Waals surface area contributed by atoms with Crippen molar-refractivity contribution in [2.75, 3.05) is 12.8 Å². The number of amides is 2. The predicted molar refractivity (Wildman–Crippen MR) is 126 cm³/mol. The minimum Gasteiger partial charge on any atom is -0.337 e. The molecule has 0 radical (unpaired) electrons. The van der Waals surface area contributed by atoms with Gasteiger partial charge in [0.1, 0.15) is 5.37 Å². The highest BCUT2D eigenvalue weighted by molar-refractivity contribution is 8.00. The topological polar surface area (TPSA) is 40.6 Å². The lowest BCUT2D eigenvalue weighted by Gasteiger charge is -2.24. The summed E-state index contributed by atoms with van der Waals surface area (Å²) in [7, 11) is 1.82. The molecule has 1 saturated heterocycles. The van der Waals surface area contributed by atoms with Gasteiger partial charge in [-0.2, -0.15) is 0 Å². The highest BCUT2D eigenvalue weighted by atomic mass is 32.2. The summed E-state index contributed by atoms with van der Waals surface area (Å²) in [5, 5.41) is -0.0258. The van der Waals surface area contributed by atoms with Crippen molar-refractivity contribution in [1.29, 1.82) is 0 Å². The Balaban J connectivity index is 1.44. The molecule has 1 aliphatic heterocycles. The Morgan fingerprint density at radius 3 is 2.32 bits per heavy atom. The smallest absolute Gasteiger partial charge is 0.253 e. The number of hydrogen-bond acceptors (Lipinski definition) is 3. The van der Waals surface area contributed by atoms with Gasteiger partial charge in [0.25, 0.3) is 5.91 Å². The molecule has 3 aromatic rings. The second kappa shape index (κ2) is 9.40. The summed E-state index contributed by atoms with van der Waals surface area (Å²) in [4.78, 5) is 29.0. The Morgan fingerprint density at radius 1 is 0.968 bits per heavy atom. The lowest BCUT2D eigenvalue weighted by Crippen LogP contribution is -2.28. The Labute approximate surface area is 187 Å². The molecule has 0 spiro atoms. The summed E-state index contributed by atoms with van der Waals surface area (Å²) in [6, 6.07) is 26.0. The lowest BCUT2D eigenvalue weighted by atomic mass is 10.1. The van der Waals surface area contributed by atoms with E-state index in [2.05, 4.69) is 31.2 Å². The number of benzene rings is 3. The van der Waals surface area contributed by atoms with Gasteiger partial charge >= 0.3 is 0 Å². The minimum atomic E-state index is -0.0258. The van der Waals surface area contributed by atoms with Crippen LogP contribution in [0.15, 0.2) is 78.9 Å². The first-order chi connectivity index (χ1) is 15.0. The monoisotopic (exact) mass is 430 g/mol. The molecule has 1 aliphatic rings. The molecule has 5 heteroatoms. The zero-order valence-corrected chi connectivity index (χ0v) is 18.6. The van der Waals surface area contributed by atoms with Crippen LogP contribution in [0.4, 0.5) is 0 Å². The zero-order chi connectivity index (χ0) is 21.8. The Morgan fingerprint density at radius 2 is 1.65 bits per heavy atom. The van der Waals surface area contributed by atoms with E-state index in [-0.39, 0.29) is 17.2 Å². The van der Waals surface area contributed by atoms with Crippen molar-refractivity contribution < 1.29 is 9.59 Å². The molecule has 1 heterocycles. The number of aryl methyl sites for hydroxylation is 1. The molecule has 0 aliphatic carbocycles. The lowest BCUT2D eigenvalue weighted by molar-refractivity contribution is -0.128. The number of nitrogens with zero attached hydrogens (tertiary/aromatic N) is 2. The van der Waals surface area contributed by atoms with Crippen molar-refractivity contribution >= 4 is 23.6 Å². The fourth-order valence-electron chi connectivity index (χ4n) is 3.73. The van der Waals surface area contributed by atoms with Crippen molar-refractivity contribution in [2.24, 2.45) is 0 Å². The van der Waals surface area contributed by atoms with Gasteiger partial charge in [0.2, 0.25) is 5.91 Å². The summed E-state index contributed by atoms with van der Waals surface area (Å²) in [5.74, 6) is 0.623. The fourth-order valence-corrected chi connectivity index (χ4v) is 4.92. The maximum absolute atomic E-state index is 12.9. The fraction of sp³-hybridized carbons (Fsp3) is 0.231. The molecule has 158 valence electrons. The van der Waals surface area contributed by atoms with E-state index >= 15 is 0 Å². The van der Waals surface area contributed by atoms with Crippen molar-refractivity contribution in [3.63, 3.8) is 0 Å². The molecule has 3 aromatic carbocycles. The standard InChI is InChI=1S/C26H26N2O2S/c1-19-8-10-21(11-9-19)16-27(2)25(30)22-12-14-23(15-13-22)26-28(24(29)18-31-26)17-20-6-4-3-5-7-20/h3-15,26H,16-18H2,1-2H3/t26-/m1/s1. The van der Waals surface area contributed by atoms with Crippen LogP contribution in [-0.2, 0) is 17.9 Å². The predicted octanol–water partition coefficient (Wildman–Crippen LogP) is 5.04. The molecule has 0 bridgehead atoms. The van der Waals surface area contributed by atoms with E-state index in [4.69, 9.17) is 0 Å². The van der Waals surface area contributed by atoms with Crippen LogP contribution in [0.3, 0.4) is 0 Å². The van der Waals surface area contributed by atoms with Crippen LogP contribution in [0.1, 0.15) is 38.0 Å². The van der Waals surface area contributed by atoms with Crippen LogP contribution < -0.4 is 0 Å². The summed E-state index contributed by atoms with van der Waals surface area (Å²) in [6.45, 7) is 3.22. The third-order valence-electron chi connectivity index (χ3n) is 5.49. The van der Waals surface area contributed by atoms with Gasteiger partial charge in [-0.1, -0.05) is 72.3 Å². The first kappa shape index (κ1) is 21.2. The third-order valence-corrected chi connectivity index (χ3v) is 6.75. The molecule has 0 saturated carbocycles. The summed E-state index contributed by atoms with van der Waals surface area (Å²) in [6.07, 6.45) is 0. The highest BCUT2D eigenvalue weighted by Gasteiger charge is 2.32. The van der Waals surface area contributed by atoms with E-state index in [9.17, 15) is 9.59 Å². The Kier molecular flexibility index (Phi) is 6.42. The first-order valence-electron chi connectivity index (χ1n) is 10.4. The van der Waals surface area contributed by atoms with Crippen LogP contribution in [0.25, 0.3) is 0 Å². The SMILES string of the molecule is Cc1ccc(CN(C)C(=O)c2ccc([C@H]3SCC(=O)N3Cc3ccccc3)cc2)cc1. The van der Waals surface area contributed by atoms with E-state index in [0.29, 0.717) is 24.4 Å². The van der Waals surface area contributed by atoms with Crippen molar-refractivity contribution in [3.05, 3.63) is 107 Å². The molecular formula is C26H26N2O2S. The van der Waals surface area contributed by atoms with Gasteiger partial charge in [0.05, 0.1) is 5.75 Å². The number of hydrogen-bond donors (Lipinski definition) is 0. The summed E-state index contributed by atoms with van der Waals surface area (Å²) in [5.41, 5.74) is 5.13. The summed E-state index contributed by atoms with van der Waals surface area (Å²) >= 11 is 1.64. The van der Waals surface area contributed by atoms with Gasteiger partial charge in [0, 0.05) is 25.7 Å². The van der Waals surface area contributed by atoms with Gasteiger partial charge in [-0.3, -0.25) is 9.59 Å². The van der Waals surface area contributed by atoms with Crippen LogP contribution in [0.5, 0.6) is 0 Å². The molecule has 31 heavy (non-hydrogen) atoms. The van der Waals surface area contributed by atoms with Gasteiger partial charge < -0.3 is 9.80 Å². The van der Waals surface area contributed by atoms with E-state index in [1.807, 2.05) is 66.5 Å². The van der Waals surface area contributed by atoms with Crippen molar-refractivity contribution in [1.82, 2.24) is 9.80 Å². The van der Waals surface area contributed by atoms with Gasteiger partial charge in [0.15, 0.2) is 0 Å². The Hall–Kier alpha value is -3.05. The number of thioether (sulfide) groups is 1. The summed E-state index contributed by atoms with van der Waals surface area (Å²) < 4.78 is 0. The molecule has 1 atom stereocenters. The van der Waals surface area contributed by atoms with Crippen LogP contribution in [0.2, 0.25) is 0 Å². The van der Waals surface area contributed by atoms with E-state index < -0.39 is 0 Å². The van der Waals surface area contributed by atoms with Gasteiger partial charge in [-0.05, 0) is 35.7 Å². The molecular weight excluding hydrogens is 404 g/mol. The molecule has 0 N–H and O–H groups in total. The molecule has 4 rings (SSSR count). The molecule has 1 fully saturated rings. The van der Waals surface area contributed by atoms with Gasteiger partial charge in [-0.25, -0.2) is 0 Å². The zero-order valence-electron chi connectivity index (χ0n) is 17.8. The molecule has 0 unspecified atom stereocenters. The quantitative estimate of drug-likeness (QED) is 0.550. The average molecular weight is 431 g/mol. The highest BCUT2D eigenvalue weighted by Crippen LogP contribution is 2.39. The van der Waals surface area contributed by atoms with E-state index in [1.54, 1.807) is 16.7 Å². The van der Waals surface area contributed by atoms with Crippen LogP contribution in [0, 0.1) is 6.92 Å². The van der Waals surface area contributed by atoms with Crippen molar-refractivity contribution in [2.45, 2.75) is 25.4 Å². The second-order valence-electron chi connectivity index (χ2n) is 7.94. The van der Waals surface area contributed by atoms with Gasteiger partial charge in [-0.15, -0.1) is 11.8 Å². The third kappa shape index (κ3) is 5.00. The van der Waals surface area contributed by atoms with Crippen LogP contribution in [-0.4, -0.2) is 34.4 Å². The molecule has 2 amide bonds. The maximum atomic E-state index is 12.9. The van der Waals surface area contributed by atoms with Crippen LogP contribution >= 0.6 is 11.8 Å². The number of carbonyl (C=O) groups is 2. The van der Waals surface area contributed by atoms with E-state index in [1.165, 1.54) is 5.56 Å². The van der Waals surface area contributed by atoms with E-state index in [0.717, 1.165) is 16.7 Å². The number of carbonyl (C=O) groups excluding carboxylic acids is 2. The molecule has 4 nitrogen and oxygen atoms in total. The average Bonchev–Trinajstić information content (AvgIpc) is 3.15. The molecule has 0 aromatic heterocycles. The Bertz CT molecular complexity index is 1050. The first-order valence-corrected chi connectivity index (χ1v) is 11.4. The minimum absolute atomic E-state index is 0.0107.